The maximum absolute atomic E-state index is 4.72. The Kier molecular flexibility index (Phi) is 4.45. The molecular weight excluding hydrogens is 250 g/mol. The van der Waals surface area contributed by atoms with Crippen LogP contribution >= 0.6 is 23.1 Å². The topological polar surface area (TPSA) is 37.3 Å². The van der Waals surface area contributed by atoms with Gasteiger partial charge in [-0.15, -0.1) is 11.3 Å². The highest BCUT2D eigenvalue weighted by molar-refractivity contribution is 8.13. The molecule has 1 aromatic rings. The number of nitrogens with zero attached hydrogens (tertiary/aromatic N) is 2. The first kappa shape index (κ1) is 12.9. The maximum atomic E-state index is 4.72. The lowest BCUT2D eigenvalue weighted by atomic mass is 10.2. The van der Waals surface area contributed by atoms with Gasteiger partial charge in [0.1, 0.15) is 5.01 Å². The maximum Gasteiger partial charge on any atom is 0.157 e. The Morgan fingerprint density at radius 1 is 1.59 bits per heavy atom. The van der Waals surface area contributed by atoms with Gasteiger partial charge in [-0.3, -0.25) is 4.99 Å². The fraction of sp³-hybridized carbons (Fsp3) is 0.667. The van der Waals surface area contributed by atoms with Crippen molar-refractivity contribution in [3.05, 3.63) is 16.1 Å². The zero-order valence-electron chi connectivity index (χ0n) is 10.6. The molecule has 0 saturated heterocycles. The molecule has 0 fully saturated rings. The van der Waals surface area contributed by atoms with E-state index in [4.69, 9.17) is 4.99 Å². The van der Waals surface area contributed by atoms with Gasteiger partial charge in [0.2, 0.25) is 0 Å². The van der Waals surface area contributed by atoms with Crippen molar-refractivity contribution in [1.29, 1.82) is 0 Å². The minimum absolute atomic E-state index is 0.260. The summed E-state index contributed by atoms with van der Waals surface area (Å²) >= 11 is 3.58. The Balaban J connectivity index is 1.98. The first-order chi connectivity index (χ1) is 8.19. The number of aromatic nitrogens is 1. The normalized spacial score (nSPS) is 22.1. The van der Waals surface area contributed by atoms with Crippen molar-refractivity contribution in [2.24, 2.45) is 4.99 Å². The quantitative estimate of drug-likeness (QED) is 0.914. The van der Waals surface area contributed by atoms with Crippen molar-refractivity contribution in [1.82, 2.24) is 10.3 Å². The molecule has 5 heteroatoms. The second-order valence-electron chi connectivity index (χ2n) is 4.31. The van der Waals surface area contributed by atoms with Crippen LogP contribution in [0.15, 0.2) is 11.2 Å². The molecule has 2 atom stereocenters. The smallest absolute Gasteiger partial charge is 0.157 e. The molecular formula is C12H19N3S2. The summed E-state index contributed by atoms with van der Waals surface area (Å²) in [5, 5.41) is 5.70. The van der Waals surface area contributed by atoms with E-state index < -0.39 is 0 Å². The van der Waals surface area contributed by atoms with E-state index in [1.807, 2.05) is 18.0 Å². The number of hydrogen-bond donors (Lipinski definition) is 1. The zero-order chi connectivity index (χ0) is 12.3. The Morgan fingerprint density at radius 3 is 3.06 bits per heavy atom. The Hall–Kier alpha value is -0.550. The number of thioether (sulfide) groups is 1. The number of nitrogens with one attached hydrogen (secondary N) is 1. The van der Waals surface area contributed by atoms with Crippen LogP contribution in [0.5, 0.6) is 0 Å². The van der Waals surface area contributed by atoms with Gasteiger partial charge in [0.25, 0.3) is 0 Å². The Labute approximate surface area is 111 Å². The summed E-state index contributed by atoms with van der Waals surface area (Å²) in [5.41, 5.74) is 0. The second-order valence-corrected chi connectivity index (χ2v) is 6.66. The fourth-order valence-corrected chi connectivity index (χ4v) is 3.60. The molecule has 0 radical (unpaired) electrons. The van der Waals surface area contributed by atoms with E-state index in [1.165, 1.54) is 17.1 Å². The highest BCUT2D eigenvalue weighted by atomic mass is 32.2. The minimum atomic E-state index is 0.260. The van der Waals surface area contributed by atoms with Gasteiger partial charge in [-0.05, 0) is 26.7 Å². The van der Waals surface area contributed by atoms with Crippen LogP contribution in [0.3, 0.4) is 0 Å². The third kappa shape index (κ3) is 3.45. The van der Waals surface area contributed by atoms with Gasteiger partial charge >= 0.3 is 0 Å². The predicted octanol–water partition coefficient (Wildman–Crippen LogP) is 3.37. The van der Waals surface area contributed by atoms with Crippen molar-refractivity contribution in [3.63, 3.8) is 0 Å². The summed E-state index contributed by atoms with van der Waals surface area (Å²) in [6.07, 6.45) is 4.27. The molecule has 94 valence electrons. The minimum Gasteiger partial charge on any atom is -0.356 e. The molecule has 1 aliphatic heterocycles. The van der Waals surface area contributed by atoms with Crippen molar-refractivity contribution in [2.75, 3.05) is 5.75 Å². The third-order valence-corrected chi connectivity index (χ3v) is 4.84. The fourth-order valence-electron chi connectivity index (χ4n) is 1.75. The second kappa shape index (κ2) is 5.87. The van der Waals surface area contributed by atoms with Crippen molar-refractivity contribution >= 4 is 28.3 Å². The first-order valence-corrected chi connectivity index (χ1v) is 7.88. The van der Waals surface area contributed by atoms with Crippen LogP contribution in [0.2, 0.25) is 0 Å². The van der Waals surface area contributed by atoms with E-state index >= 15 is 0 Å². The largest absolute Gasteiger partial charge is 0.356 e. The number of rotatable bonds is 3. The third-order valence-electron chi connectivity index (χ3n) is 2.81. The molecule has 0 bridgehead atoms. The molecule has 17 heavy (non-hydrogen) atoms. The Bertz CT molecular complexity index is 400. The van der Waals surface area contributed by atoms with Gasteiger partial charge in [-0.2, -0.15) is 0 Å². The molecule has 1 aliphatic rings. The standard InChI is InChI=1S/C12H19N3S2/c1-4-10-5-6-16-12(15-10)14-9(3)11-13-7-8(2)17-11/h7,9-10H,4-6H2,1-3H3,(H,14,15). The Morgan fingerprint density at radius 2 is 2.41 bits per heavy atom. The van der Waals surface area contributed by atoms with Crippen molar-refractivity contribution < 1.29 is 0 Å². The number of thiazole rings is 1. The number of hydrogen-bond acceptors (Lipinski definition) is 5. The molecule has 2 unspecified atom stereocenters. The monoisotopic (exact) mass is 269 g/mol. The molecule has 0 saturated carbocycles. The highest BCUT2D eigenvalue weighted by Gasteiger charge is 2.17. The number of amidine groups is 1. The molecule has 0 aliphatic carbocycles. The van der Waals surface area contributed by atoms with E-state index in [1.54, 1.807) is 11.3 Å². The summed E-state index contributed by atoms with van der Waals surface area (Å²) in [6, 6.07) is 0.763. The molecule has 1 N–H and O–H groups in total. The molecule has 2 rings (SSSR count). The van der Waals surface area contributed by atoms with Gasteiger partial charge in [0, 0.05) is 16.8 Å². The molecule has 1 aromatic heterocycles. The summed E-state index contributed by atoms with van der Waals surface area (Å²) in [7, 11) is 0. The summed E-state index contributed by atoms with van der Waals surface area (Å²) in [4.78, 5) is 10.4. The van der Waals surface area contributed by atoms with Gasteiger partial charge in [-0.25, -0.2) is 4.98 Å². The summed E-state index contributed by atoms with van der Waals surface area (Å²) in [6.45, 7) is 6.44. The SMILES string of the molecule is CCC1CCSC(NC(C)c2ncc(C)s2)=N1. The lowest BCUT2D eigenvalue weighted by Crippen LogP contribution is -2.28. The number of aliphatic imine (C=N–C) groups is 1. The van der Waals surface area contributed by atoms with Gasteiger partial charge in [0.05, 0.1) is 12.1 Å². The van der Waals surface area contributed by atoms with Crippen molar-refractivity contribution in [2.45, 2.75) is 45.7 Å². The van der Waals surface area contributed by atoms with E-state index in [0.29, 0.717) is 6.04 Å². The van der Waals surface area contributed by atoms with Gasteiger partial charge < -0.3 is 5.32 Å². The average Bonchev–Trinajstić information content (AvgIpc) is 2.76. The molecule has 0 spiro atoms. The zero-order valence-corrected chi connectivity index (χ0v) is 12.2. The lowest BCUT2D eigenvalue weighted by Gasteiger charge is -2.21. The van der Waals surface area contributed by atoms with E-state index in [-0.39, 0.29) is 6.04 Å². The number of aryl methyl sites for hydroxylation is 1. The molecule has 2 heterocycles. The van der Waals surface area contributed by atoms with E-state index in [2.05, 4.69) is 31.1 Å². The highest BCUT2D eigenvalue weighted by Crippen LogP contribution is 2.23. The predicted molar refractivity (Wildman–Crippen MR) is 77.0 cm³/mol. The van der Waals surface area contributed by atoms with Crippen LogP contribution in [0.4, 0.5) is 0 Å². The van der Waals surface area contributed by atoms with Crippen LogP contribution in [-0.2, 0) is 0 Å². The first-order valence-electron chi connectivity index (χ1n) is 6.08. The van der Waals surface area contributed by atoms with E-state index in [0.717, 1.165) is 16.6 Å². The molecule has 3 nitrogen and oxygen atoms in total. The van der Waals surface area contributed by atoms with Crippen LogP contribution in [-0.4, -0.2) is 21.9 Å². The van der Waals surface area contributed by atoms with Crippen LogP contribution in [0, 0.1) is 6.92 Å². The van der Waals surface area contributed by atoms with Crippen molar-refractivity contribution in [3.8, 4) is 0 Å². The van der Waals surface area contributed by atoms with Crippen LogP contribution in [0.1, 0.15) is 42.6 Å². The summed E-state index contributed by atoms with van der Waals surface area (Å²) < 4.78 is 0. The van der Waals surface area contributed by atoms with E-state index in [9.17, 15) is 0 Å². The average molecular weight is 269 g/mol. The summed E-state index contributed by atoms with van der Waals surface area (Å²) in [5.74, 6) is 1.17. The lowest BCUT2D eigenvalue weighted by molar-refractivity contribution is 0.621. The van der Waals surface area contributed by atoms with Crippen LogP contribution in [0.25, 0.3) is 0 Å². The molecule has 0 amide bonds. The van der Waals surface area contributed by atoms with Crippen LogP contribution < -0.4 is 5.32 Å². The van der Waals surface area contributed by atoms with Gasteiger partial charge in [-0.1, -0.05) is 18.7 Å². The molecule has 0 aromatic carbocycles. The van der Waals surface area contributed by atoms with Gasteiger partial charge in [0.15, 0.2) is 5.17 Å².